The Morgan fingerprint density at radius 2 is 1.77 bits per heavy atom. The highest BCUT2D eigenvalue weighted by Gasteiger charge is 2.37. The van der Waals surface area contributed by atoms with E-state index in [9.17, 15) is 13.5 Å². The third-order valence-corrected chi connectivity index (χ3v) is 7.25. The van der Waals surface area contributed by atoms with E-state index in [1.807, 2.05) is 12.1 Å². The molecular weight excluding hydrogens is 412 g/mol. The molecule has 2 aromatic carbocycles. The molecule has 0 bridgehead atoms. The molecule has 1 saturated carbocycles. The summed E-state index contributed by atoms with van der Waals surface area (Å²) in [6.07, 6.45) is 6.36. The highest BCUT2D eigenvalue weighted by Crippen LogP contribution is 2.35. The van der Waals surface area contributed by atoms with Crippen LogP contribution >= 0.6 is 0 Å². The molecule has 1 heterocycles. The Bertz CT molecular complexity index is 959. The number of hydrogen-bond acceptors (Lipinski definition) is 5. The maximum Gasteiger partial charge on any atom is 0.209 e. The van der Waals surface area contributed by atoms with Crippen LogP contribution in [0.25, 0.3) is 0 Å². The molecule has 6 nitrogen and oxygen atoms in total. The summed E-state index contributed by atoms with van der Waals surface area (Å²) in [4.78, 5) is 2.15. The Labute approximate surface area is 185 Å². The van der Waals surface area contributed by atoms with Crippen molar-refractivity contribution in [1.29, 1.82) is 0 Å². The van der Waals surface area contributed by atoms with Crippen LogP contribution in [-0.4, -0.2) is 51.1 Å². The molecule has 7 heteroatoms. The van der Waals surface area contributed by atoms with E-state index in [-0.39, 0.29) is 23.9 Å². The normalized spacial score (nSPS) is 26.8. The fraction of sp³-hybridized carbons (Fsp3) is 0.500. The van der Waals surface area contributed by atoms with Crippen molar-refractivity contribution in [2.24, 2.45) is 0 Å². The average Bonchev–Trinajstić information content (AvgIpc) is 3.14. The van der Waals surface area contributed by atoms with Crippen molar-refractivity contribution in [1.82, 2.24) is 4.72 Å². The standard InChI is InChI=1S/C24H32N2O4S/c1-31(28,29)25-23-14-15-26(20-8-5-9-21(27)16-20)24(23)17-30-22-12-10-19(11-13-22)18-6-3-2-4-7-18/h2-9,16,19,22-25,27H,10-15,17H2,1H3/t19-,22+,23-,24-/m0/s1. The molecule has 0 radical (unpaired) electrons. The van der Waals surface area contributed by atoms with Crippen molar-refractivity contribution >= 4 is 15.7 Å². The largest absolute Gasteiger partial charge is 0.508 e. The smallest absolute Gasteiger partial charge is 0.209 e. The van der Waals surface area contributed by atoms with Crippen LogP contribution in [-0.2, 0) is 14.8 Å². The van der Waals surface area contributed by atoms with Crippen molar-refractivity contribution in [2.45, 2.75) is 56.2 Å². The first-order valence-corrected chi connectivity index (χ1v) is 13.0. The summed E-state index contributed by atoms with van der Waals surface area (Å²) in [7, 11) is -3.32. The second kappa shape index (κ2) is 9.59. The predicted octanol–water partition coefficient (Wildman–Crippen LogP) is 3.63. The number of nitrogens with zero attached hydrogens (tertiary/aromatic N) is 1. The lowest BCUT2D eigenvalue weighted by Gasteiger charge is -2.33. The fourth-order valence-corrected chi connectivity index (χ4v) is 5.81. The highest BCUT2D eigenvalue weighted by molar-refractivity contribution is 7.88. The van der Waals surface area contributed by atoms with Gasteiger partial charge in [0.05, 0.1) is 25.0 Å². The number of nitrogens with one attached hydrogen (secondary N) is 1. The van der Waals surface area contributed by atoms with Crippen molar-refractivity contribution in [3.05, 3.63) is 60.2 Å². The van der Waals surface area contributed by atoms with Gasteiger partial charge in [-0.15, -0.1) is 0 Å². The zero-order chi connectivity index (χ0) is 21.8. The van der Waals surface area contributed by atoms with Gasteiger partial charge in [0, 0.05) is 24.3 Å². The lowest BCUT2D eigenvalue weighted by atomic mass is 9.83. The summed E-state index contributed by atoms with van der Waals surface area (Å²) in [5.41, 5.74) is 2.29. The molecule has 2 fully saturated rings. The minimum Gasteiger partial charge on any atom is -0.508 e. The molecule has 0 unspecified atom stereocenters. The third-order valence-electron chi connectivity index (χ3n) is 6.52. The van der Waals surface area contributed by atoms with E-state index in [2.05, 4.69) is 40.0 Å². The van der Waals surface area contributed by atoms with Crippen LogP contribution in [0.1, 0.15) is 43.6 Å². The predicted molar refractivity (Wildman–Crippen MR) is 123 cm³/mol. The summed E-state index contributed by atoms with van der Waals surface area (Å²) in [5, 5.41) is 9.90. The van der Waals surface area contributed by atoms with Gasteiger partial charge in [-0.3, -0.25) is 0 Å². The van der Waals surface area contributed by atoms with E-state index in [1.165, 1.54) is 11.8 Å². The van der Waals surface area contributed by atoms with Gasteiger partial charge in [0.2, 0.25) is 10.0 Å². The molecule has 0 spiro atoms. The van der Waals surface area contributed by atoms with Crippen LogP contribution in [0, 0.1) is 0 Å². The van der Waals surface area contributed by atoms with E-state index in [1.54, 1.807) is 12.1 Å². The molecule has 31 heavy (non-hydrogen) atoms. The molecule has 1 aliphatic heterocycles. The number of rotatable bonds is 7. The van der Waals surface area contributed by atoms with Crippen molar-refractivity contribution in [2.75, 3.05) is 24.3 Å². The molecule has 1 saturated heterocycles. The second-order valence-electron chi connectivity index (χ2n) is 8.78. The van der Waals surface area contributed by atoms with E-state index in [0.29, 0.717) is 25.5 Å². The summed E-state index contributed by atoms with van der Waals surface area (Å²) < 4.78 is 32.9. The Hall–Kier alpha value is -2.09. The summed E-state index contributed by atoms with van der Waals surface area (Å²) in [6.45, 7) is 1.18. The number of ether oxygens (including phenoxy) is 1. The summed E-state index contributed by atoms with van der Waals surface area (Å²) in [5.74, 6) is 0.798. The van der Waals surface area contributed by atoms with Gasteiger partial charge in [-0.25, -0.2) is 13.1 Å². The maximum atomic E-state index is 11.9. The zero-order valence-corrected chi connectivity index (χ0v) is 18.8. The molecule has 1 aliphatic carbocycles. The minimum atomic E-state index is -3.32. The molecule has 2 aliphatic rings. The van der Waals surface area contributed by atoms with Gasteiger partial charge >= 0.3 is 0 Å². The zero-order valence-electron chi connectivity index (χ0n) is 18.0. The molecule has 2 atom stereocenters. The number of aromatic hydroxyl groups is 1. The van der Waals surface area contributed by atoms with Crippen molar-refractivity contribution < 1.29 is 18.3 Å². The van der Waals surface area contributed by atoms with Crippen molar-refractivity contribution in [3.8, 4) is 5.75 Å². The number of anilines is 1. The van der Waals surface area contributed by atoms with Crippen LogP contribution in [0.15, 0.2) is 54.6 Å². The lowest BCUT2D eigenvalue weighted by molar-refractivity contribution is 0.0157. The van der Waals surface area contributed by atoms with Gasteiger partial charge in [-0.1, -0.05) is 36.4 Å². The topological polar surface area (TPSA) is 78.9 Å². The van der Waals surface area contributed by atoms with Crippen LogP contribution in [0.4, 0.5) is 5.69 Å². The highest BCUT2D eigenvalue weighted by atomic mass is 32.2. The summed E-state index contributed by atoms with van der Waals surface area (Å²) >= 11 is 0. The number of benzene rings is 2. The second-order valence-corrected chi connectivity index (χ2v) is 10.6. The van der Waals surface area contributed by atoms with E-state index in [4.69, 9.17) is 4.74 Å². The number of phenols is 1. The Morgan fingerprint density at radius 1 is 1.03 bits per heavy atom. The molecule has 0 aromatic heterocycles. The minimum absolute atomic E-state index is 0.108. The first kappa shape index (κ1) is 22.1. The molecule has 168 valence electrons. The number of sulfonamides is 1. The van der Waals surface area contributed by atoms with Crippen LogP contribution < -0.4 is 9.62 Å². The van der Waals surface area contributed by atoms with Crippen LogP contribution in [0.3, 0.4) is 0 Å². The van der Waals surface area contributed by atoms with Gasteiger partial charge in [0.15, 0.2) is 0 Å². The fourth-order valence-electron chi connectivity index (χ4n) is 4.99. The lowest BCUT2D eigenvalue weighted by Crippen LogP contribution is -2.48. The third kappa shape index (κ3) is 5.79. The quantitative estimate of drug-likeness (QED) is 0.682. The van der Waals surface area contributed by atoms with Gasteiger partial charge in [-0.05, 0) is 55.7 Å². The van der Waals surface area contributed by atoms with E-state index >= 15 is 0 Å². The van der Waals surface area contributed by atoms with Gasteiger partial charge in [0.25, 0.3) is 0 Å². The Balaban J connectivity index is 1.39. The van der Waals surface area contributed by atoms with Crippen LogP contribution in [0.2, 0.25) is 0 Å². The monoisotopic (exact) mass is 444 g/mol. The van der Waals surface area contributed by atoms with Crippen molar-refractivity contribution in [3.63, 3.8) is 0 Å². The molecular formula is C24H32N2O4S. The van der Waals surface area contributed by atoms with Gasteiger partial charge in [-0.2, -0.15) is 0 Å². The van der Waals surface area contributed by atoms with Gasteiger partial charge in [0.1, 0.15) is 5.75 Å². The Kier molecular flexibility index (Phi) is 6.84. The van der Waals surface area contributed by atoms with E-state index in [0.717, 1.165) is 31.4 Å². The molecule has 4 rings (SSSR count). The number of phenolic OH excluding ortho intramolecular Hbond substituents is 1. The van der Waals surface area contributed by atoms with Crippen LogP contribution in [0.5, 0.6) is 5.75 Å². The SMILES string of the molecule is CS(=O)(=O)N[C@H]1CCN(c2cccc(O)c2)[C@H]1CO[C@H]1CC[C@@H](c2ccccc2)CC1. The number of hydrogen-bond donors (Lipinski definition) is 2. The molecule has 2 aromatic rings. The average molecular weight is 445 g/mol. The Morgan fingerprint density at radius 3 is 2.45 bits per heavy atom. The van der Waals surface area contributed by atoms with E-state index < -0.39 is 10.0 Å². The first-order valence-electron chi connectivity index (χ1n) is 11.1. The maximum absolute atomic E-state index is 11.9. The summed E-state index contributed by atoms with van der Waals surface area (Å²) in [6, 6.07) is 17.5. The van der Waals surface area contributed by atoms with Gasteiger partial charge < -0.3 is 14.7 Å². The molecule has 0 amide bonds. The first-order chi connectivity index (χ1) is 14.9. The molecule has 2 N–H and O–H groups in total.